The number of aryl methyl sites for hydroxylation is 1. The number of hydrogen-bond donors (Lipinski definition) is 1. The fourth-order valence-electron chi connectivity index (χ4n) is 2.73. The first kappa shape index (κ1) is 12.3. The van der Waals surface area contributed by atoms with Crippen LogP contribution in [0.4, 0.5) is 5.82 Å². The maximum absolute atomic E-state index is 6.34. The van der Waals surface area contributed by atoms with Crippen LogP contribution >= 0.6 is 0 Å². The van der Waals surface area contributed by atoms with Gasteiger partial charge in [-0.25, -0.2) is 4.98 Å². The largest absolute Gasteiger partial charge is 0.384 e. The van der Waals surface area contributed by atoms with Crippen LogP contribution in [0.15, 0.2) is 30.3 Å². The molecule has 0 amide bonds. The van der Waals surface area contributed by atoms with E-state index in [4.69, 9.17) is 10.7 Å². The molecule has 1 fully saturated rings. The van der Waals surface area contributed by atoms with Gasteiger partial charge in [-0.1, -0.05) is 43.7 Å². The van der Waals surface area contributed by atoms with Gasteiger partial charge in [-0.05, 0) is 18.4 Å². The molecule has 2 N–H and O–H groups in total. The van der Waals surface area contributed by atoms with E-state index in [0.717, 1.165) is 30.3 Å². The van der Waals surface area contributed by atoms with Crippen LogP contribution in [-0.4, -0.2) is 9.55 Å². The van der Waals surface area contributed by atoms with Gasteiger partial charge in [0, 0.05) is 12.3 Å². The zero-order valence-electron chi connectivity index (χ0n) is 11.5. The molecule has 1 aliphatic carbocycles. The Morgan fingerprint density at radius 3 is 2.58 bits per heavy atom. The first-order valence-electron chi connectivity index (χ1n) is 7.18. The Hall–Kier alpha value is -1.77. The van der Waals surface area contributed by atoms with Gasteiger partial charge < -0.3 is 10.3 Å². The average Bonchev–Trinajstić information content (AvgIpc) is 2.67. The van der Waals surface area contributed by atoms with Gasteiger partial charge >= 0.3 is 0 Å². The molecule has 1 aromatic heterocycles. The Kier molecular flexibility index (Phi) is 3.28. The van der Waals surface area contributed by atoms with Crippen LogP contribution in [-0.2, 0) is 13.0 Å². The number of aromatic nitrogens is 2. The van der Waals surface area contributed by atoms with Crippen LogP contribution < -0.4 is 5.73 Å². The van der Waals surface area contributed by atoms with Gasteiger partial charge in [0.2, 0.25) is 0 Å². The van der Waals surface area contributed by atoms with Crippen LogP contribution in [0, 0.1) is 0 Å². The fourth-order valence-corrected chi connectivity index (χ4v) is 2.73. The van der Waals surface area contributed by atoms with E-state index < -0.39 is 0 Å². The molecule has 0 spiro atoms. The standard InChI is InChI=1S/C16H21N3/c1-2-14-18-15(13-9-6-10-13)16(17)19(14)11-12-7-4-3-5-8-12/h3-5,7-8,13H,2,6,9-11,17H2,1H3. The molecule has 0 atom stereocenters. The predicted octanol–water partition coefficient (Wildman–Crippen LogP) is 3.34. The van der Waals surface area contributed by atoms with Crippen molar-refractivity contribution in [1.82, 2.24) is 9.55 Å². The Morgan fingerprint density at radius 1 is 1.26 bits per heavy atom. The van der Waals surface area contributed by atoms with Crippen molar-refractivity contribution in [3.63, 3.8) is 0 Å². The second-order valence-electron chi connectivity index (χ2n) is 5.35. The summed E-state index contributed by atoms with van der Waals surface area (Å²) in [4.78, 5) is 4.78. The highest BCUT2D eigenvalue weighted by Gasteiger charge is 2.26. The highest BCUT2D eigenvalue weighted by Crippen LogP contribution is 2.38. The van der Waals surface area contributed by atoms with E-state index in [1.807, 2.05) is 6.07 Å². The van der Waals surface area contributed by atoms with Crippen molar-refractivity contribution in [3.05, 3.63) is 47.4 Å². The topological polar surface area (TPSA) is 43.8 Å². The second kappa shape index (κ2) is 5.08. The number of benzene rings is 1. The fraction of sp³-hybridized carbons (Fsp3) is 0.438. The summed E-state index contributed by atoms with van der Waals surface area (Å²) < 4.78 is 2.18. The van der Waals surface area contributed by atoms with Crippen LogP contribution in [0.5, 0.6) is 0 Å². The molecule has 19 heavy (non-hydrogen) atoms. The lowest BCUT2D eigenvalue weighted by molar-refractivity contribution is 0.413. The lowest BCUT2D eigenvalue weighted by Crippen LogP contribution is -2.12. The first-order valence-corrected chi connectivity index (χ1v) is 7.18. The van der Waals surface area contributed by atoms with Gasteiger partial charge in [0.25, 0.3) is 0 Å². The van der Waals surface area contributed by atoms with Crippen molar-refractivity contribution in [2.75, 3.05) is 5.73 Å². The minimum atomic E-state index is 0.599. The minimum Gasteiger partial charge on any atom is -0.384 e. The lowest BCUT2D eigenvalue weighted by atomic mass is 9.83. The normalized spacial score (nSPS) is 15.4. The zero-order valence-corrected chi connectivity index (χ0v) is 11.5. The third-order valence-corrected chi connectivity index (χ3v) is 4.11. The monoisotopic (exact) mass is 255 g/mol. The molecular formula is C16H21N3. The number of hydrogen-bond acceptors (Lipinski definition) is 2. The molecule has 0 unspecified atom stereocenters. The quantitative estimate of drug-likeness (QED) is 0.910. The van der Waals surface area contributed by atoms with E-state index in [1.54, 1.807) is 0 Å². The van der Waals surface area contributed by atoms with E-state index in [1.165, 1.54) is 24.8 Å². The van der Waals surface area contributed by atoms with Gasteiger partial charge in [0.15, 0.2) is 0 Å². The summed E-state index contributed by atoms with van der Waals surface area (Å²) in [6, 6.07) is 10.5. The molecular weight excluding hydrogens is 234 g/mol. The van der Waals surface area contributed by atoms with Crippen molar-refractivity contribution in [2.24, 2.45) is 0 Å². The number of nitrogens with two attached hydrogens (primary N) is 1. The summed E-state index contributed by atoms with van der Waals surface area (Å²) in [6.45, 7) is 2.98. The van der Waals surface area contributed by atoms with Crippen molar-refractivity contribution in [1.29, 1.82) is 0 Å². The molecule has 1 aliphatic rings. The van der Waals surface area contributed by atoms with Crippen LogP contribution in [0.25, 0.3) is 0 Å². The van der Waals surface area contributed by atoms with E-state index in [2.05, 4.69) is 35.8 Å². The average molecular weight is 255 g/mol. The molecule has 3 nitrogen and oxygen atoms in total. The Bertz CT molecular complexity index is 553. The zero-order chi connectivity index (χ0) is 13.2. The summed E-state index contributed by atoms with van der Waals surface area (Å²) in [5.41, 5.74) is 8.76. The van der Waals surface area contributed by atoms with Crippen molar-refractivity contribution in [2.45, 2.75) is 45.1 Å². The molecule has 3 heteroatoms. The van der Waals surface area contributed by atoms with Crippen LogP contribution in [0.3, 0.4) is 0 Å². The maximum Gasteiger partial charge on any atom is 0.127 e. The summed E-state index contributed by atoms with van der Waals surface area (Å²) in [5.74, 6) is 2.59. The molecule has 3 rings (SSSR count). The molecule has 0 radical (unpaired) electrons. The maximum atomic E-state index is 6.34. The molecule has 2 aromatic rings. The molecule has 0 bridgehead atoms. The highest BCUT2D eigenvalue weighted by molar-refractivity contribution is 5.42. The number of nitrogens with zero attached hydrogens (tertiary/aromatic N) is 2. The van der Waals surface area contributed by atoms with Gasteiger partial charge in [0.05, 0.1) is 12.2 Å². The van der Waals surface area contributed by atoms with E-state index in [-0.39, 0.29) is 0 Å². The van der Waals surface area contributed by atoms with Crippen LogP contribution in [0.1, 0.15) is 49.2 Å². The molecule has 1 heterocycles. The summed E-state index contributed by atoms with van der Waals surface area (Å²) >= 11 is 0. The minimum absolute atomic E-state index is 0.599. The smallest absolute Gasteiger partial charge is 0.127 e. The Morgan fingerprint density at radius 2 is 2.00 bits per heavy atom. The number of anilines is 1. The van der Waals surface area contributed by atoms with Crippen molar-refractivity contribution < 1.29 is 0 Å². The van der Waals surface area contributed by atoms with Gasteiger partial charge in [-0.3, -0.25) is 0 Å². The number of imidazole rings is 1. The van der Waals surface area contributed by atoms with E-state index in [0.29, 0.717) is 5.92 Å². The van der Waals surface area contributed by atoms with Gasteiger partial charge in [-0.2, -0.15) is 0 Å². The van der Waals surface area contributed by atoms with Gasteiger partial charge in [-0.15, -0.1) is 0 Å². The summed E-state index contributed by atoms with van der Waals surface area (Å²) in [7, 11) is 0. The molecule has 100 valence electrons. The number of rotatable bonds is 4. The molecule has 1 saturated carbocycles. The predicted molar refractivity (Wildman–Crippen MR) is 78.2 cm³/mol. The SMILES string of the molecule is CCc1nc(C2CCC2)c(N)n1Cc1ccccc1. The Labute approximate surface area is 114 Å². The second-order valence-corrected chi connectivity index (χ2v) is 5.35. The summed E-state index contributed by atoms with van der Waals surface area (Å²) in [5, 5.41) is 0. The molecule has 1 aromatic carbocycles. The number of nitrogen functional groups attached to an aromatic ring is 1. The Balaban J connectivity index is 1.93. The third-order valence-electron chi connectivity index (χ3n) is 4.11. The molecule has 0 saturated heterocycles. The third kappa shape index (κ3) is 2.25. The van der Waals surface area contributed by atoms with E-state index >= 15 is 0 Å². The summed E-state index contributed by atoms with van der Waals surface area (Å²) in [6.07, 6.45) is 4.74. The lowest BCUT2D eigenvalue weighted by Gasteiger charge is -2.24. The highest BCUT2D eigenvalue weighted by atomic mass is 15.1. The first-order chi connectivity index (χ1) is 9.29. The van der Waals surface area contributed by atoms with E-state index in [9.17, 15) is 0 Å². The van der Waals surface area contributed by atoms with Crippen molar-refractivity contribution in [3.8, 4) is 0 Å². The van der Waals surface area contributed by atoms with Crippen molar-refractivity contribution >= 4 is 5.82 Å². The molecule has 0 aliphatic heterocycles. The van der Waals surface area contributed by atoms with Crippen LogP contribution in [0.2, 0.25) is 0 Å². The van der Waals surface area contributed by atoms with Gasteiger partial charge in [0.1, 0.15) is 11.6 Å².